The molecule has 0 unspecified atom stereocenters. The average molecular weight is 328 g/mol. The Morgan fingerprint density at radius 1 is 1.17 bits per heavy atom. The van der Waals surface area contributed by atoms with Crippen molar-refractivity contribution in [3.63, 3.8) is 0 Å². The molecule has 1 amide bonds. The summed E-state index contributed by atoms with van der Waals surface area (Å²) < 4.78 is 8.33. The fourth-order valence-corrected chi connectivity index (χ4v) is 2.79. The fraction of sp³-hybridized carbons (Fsp3) is 0.133. The van der Waals surface area contributed by atoms with Crippen molar-refractivity contribution in [3.8, 4) is 0 Å². The Morgan fingerprint density at radius 2 is 1.91 bits per heavy atom. The molecule has 0 fully saturated rings. The SMILES string of the molecule is Cc1ccc(C(=O)Nc2c(C)ccc3nsnc23)cc1[N+](=O)[O-]. The number of benzene rings is 2. The zero-order valence-electron chi connectivity index (χ0n) is 12.4. The van der Waals surface area contributed by atoms with Crippen LogP contribution < -0.4 is 5.32 Å². The predicted molar refractivity (Wildman–Crippen MR) is 87.9 cm³/mol. The van der Waals surface area contributed by atoms with Crippen molar-refractivity contribution in [1.82, 2.24) is 8.75 Å². The lowest BCUT2D eigenvalue weighted by Crippen LogP contribution is -2.13. The molecule has 0 aliphatic rings. The molecule has 0 saturated carbocycles. The monoisotopic (exact) mass is 328 g/mol. The first-order valence-electron chi connectivity index (χ1n) is 6.75. The van der Waals surface area contributed by atoms with Crippen molar-refractivity contribution >= 4 is 40.0 Å². The van der Waals surface area contributed by atoms with Crippen molar-refractivity contribution in [3.05, 3.63) is 57.1 Å². The molecule has 2 aromatic carbocycles. The van der Waals surface area contributed by atoms with Gasteiger partial charge in [-0.3, -0.25) is 14.9 Å². The van der Waals surface area contributed by atoms with Crippen molar-refractivity contribution in [2.24, 2.45) is 0 Å². The van der Waals surface area contributed by atoms with Gasteiger partial charge in [0.1, 0.15) is 11.0 Å². The molecule has 1 N–H and O–H groups in total. The van der Waals surface area contributed by atoms with Gasteiger partial charge in [0, 0.05) is 17.2 Å². The van der Waals surface area contributed by atoms with E-state index in [1.165, 1.54) is 6.07 Å². The highest BCUT2D eigenvalue weighted by Crippen LogP contribution is 2.27. The summed E-state index contributed by atoms with van der Waals surface area (Å²) in [7, 11) is 0. The fourth-order valence-electron chi connectivity index (χ4n) is 2.24. The number of nitrogens with zero attached hydrogens (tertiary/aromatic N) is 3. The lowest BCUT2D eigenvalue weighted by molar-refractivity contribution is -0.385. The minimum absolute atomic E-state index is 0.0806. The van der Waals surface area contributed by atoms with E-state index in [1.807, 2.05) is 19.1 Å². The highest BCUT2D eigenvalue weighted by Gasteiger charge is 2.17. The molecule has 116 valence electrons. The Morgan fingerprint density at radius 3 is 2.65 bits per heavy atom. The van der Waals surface area contributed by atoms with Crippen LogP contribution in [0.2, 0.25) is 0 Å². The highest BCUT2D eigenvalue weighted by molar-refractivity contribution is 7.00. The molecular formula is C15H12N4O3S. The summed E-state index contributed by atoms with van der Waals surface area (Å²) in [6.45, 7) is 3.48. The normalized spacial score (nSPS) is 10.7. The van der Waals surface area contributed by atoms with Gasteiger partial charge in [0.05, 0.1) is 22.3 Å². The van der Waals surface area contributed by atoms with Crippen LogP contribution >= 0.6 is 11.7 Å². The number of hydrogen-bond donors (Lipinski definition) is 1. The quantitative estimate of drug-likeness (QED) is 0.586. The van der Waals surface area contributed by atoms with E-state index in [-0.39, 0.29) is 11.3 Å². The van der Waals surface area contributed by atoms with E-state index in [9.17, 15) is 14.9 Å². The molecule has 23 heavy (non-hydrogen) atoms. The number of nitro groups is 1. The summed E-state index contributed by atoms with van der Waals surface area (Å²) in [5, 5.41) is 13.8. The van der Waals surface area contributed by atoms with Gasteiger partial charge in [-0.25, -0.2) is 0 Å². The number of aromatic nitrogens is 2. The number of amides is 1. The smallest absolute Gasteiger partial charge is 0.273 e. The molecule has 3 rings (SSSR count). The summed E-state index contributed by atoms with van der Waals surface area (Å²) in [5.41, 5.74) is 3.39. The standard InChI is InChI=1S/C15H12N4O3S/c1-8-3-5-10(7-12(8)19(21)22)15(20)16-13-9(2)4-6-11-14(13)18-23-17-11/h3-7H,1-2H3,(H,16,20). The molecule has 0 saturated heterocycles. The number of carbonyl (C=O) groups is 1. The summed E-state index contributed by atoms with van der Waals surface area (Å²) in [6, 6.07) is 8.08. The molecule has 0 aliphatic heterocycles. The number of anilines is 1. The predicted octanol–water partition coefficient (Wildman–Crippen LogP) is 3.47. The highest BCUT2D eigenvalue weighted by atomic mass is 32.1. The maximum absolute atomic E-state index is 12.4. The largest absolute Gasteiger partial charge is 0.320 e. The van der Waals surface area contributed by atoms with Crippen LogP contribution in [-0.2, 0) is 0 Å². The second kappa shape index (κ2) is 5.73. The summed E-state index contributed by atoms with van der Waals surface area (Å²) in [4.78, 5) is 22.9. The first kappa shape index (κ1) is 15.0. The Balaban J connectivity index is 1.98. The van der Waals surface area contributed by atoms with Gasteiger partial charge in [-0.1, -0.05) is 12.1 Å². The third kappa shape index (κ3) is 2.76. The molecule has 1 heterocycles. The topological polar surface area (TPSA) is 98.0 Å². The first-order chi connectivity index (χ1) is 11.0. The van der Waals surface area contributed by atoms with Crippen molar-refractivity contribution in [1.29, 1.82) is 0 Å². The number of hydrogen-bond acceptors (Lipinski definition) is 6. The van der Waals surface area contributed by atoms with Crippen LogP contribution in [0.5, 0.6) is 0 Å². The van der Waals surface area contributed by atoms with Gasteiger partial charge in [0.15, 0.2) is 0 Å². The molecule has 7 nitrogen and oxygen atoms in total. The number of aryl methyl sites for hydroxylation is 2. The third-order valence-electron chi connectivity index (χ3n) is 3.54. The van der Waals surface area contributed by atoms with E-state index in [4.69, 9.17) is 0 Å². The van der Waals surface area contributed by atoms with Crippen LogP contribution in [0.15, 0.2) is 30.3 Å². The van der Waals surface area contributed by atoms with E-state index < -0.39 is 10.8 Å². The molecule has 8 heteroatoms. The van der Waals surface area contributed by atoms with Gasteiger partial charge in [0.2, 0.25) is 0 Å². The number of carbonyl (C=O) groups excluding carboxylic acids is 1. The van der Waals surface area contributed by atoms with Crippen LogP contribution in [0, 0.1) is 24.0 Å². The Kier molecular flexibility index (Phi) is 3.75. The molecule has 0 radical (unpaired) electrons. The van der Waals surface area contributed by atoms with Crippen LogP contribution in [0.25, 0.3) is 11.0 Å². The van der Waals surface area contributed by atoms with Gasteiger partial charge in [0.25, 0.3) is 11.6 Å². The van der Waals surface area contributed by atoms with Crippen LogP contribution in [0.1, 0.15) is 21.5 Å². The van der Waals surface area contributed by atoms with Crippen LogP contribution in [0.3, 0.4) is 0 Å². The summed E-state index contributed by atoms with van der Waals surface area (Å²) in [6.07, 6.45) is 0. The van der Waals surface area contributed by atoms with Gasteiger partial charge < -0.3 is 5.32 Å². The minimum atomic E-state index is -0.498. The lowest BCUT2D eigenvalue weighted by Gasteiger charge is -2.09. The van der Waals surface area contributed by atoms with E-state index >= 15 is 0 Å². The third-order valence-corrected chi connectivity index (χ3v) is 4.09. The average Bonchev–Trinajstić information content (AvgIpc) is 2.99. The Labute approximate surface area is 135 Å². The van der Waals surface area contributed by atoms with E-state index in [1.54, 1.807) is 19.1 Å². The molecule has 0 bridgehead atoms. The van der Waals surface area contributed by atoms with Crippen LogP contribution in [-0.4, -0.2) is 19.6 Å². The second-order valence-electron chi connectivity index (χ2n) is 5.10. The number of fused-ring (bicyclic) bond motifs is 1. The molecule has 1 aromatic heterocycles. The Hall–Kier alpha value is -2.87. The van der Waals surface area contributed by atoms with Crippen LogP contribution in [0.4, 0.5) is 11.4 Å². The number of nitro benzene ring substituents is 1. The zero-order valence-corrected chi connectivity index (χ0v) is 13.2. The molecule has 0 atom stereocenters. The van der Waals surface area contributed by atoms with E-state index in [2.05, 4.69) is 14.1 Å². The second-order valence-corrected chi connectivity index (χ2v) is 5.63. The van der Waals surface area contributed by atoms with E-state index in [0.717, 1.165) is 17.3 Å². The maximum Gasteiger partial charge on any atom is 0.273 e. The van der Waals surface area contributed by atoms with Crippen molar-refractivity contribution in [2.45, 2.75) is 13.8 Å². The molecule has 0 spiro atoms. The molecule has 3 aromatic rings. The molecule has 0 aliphatic carbocycles. The van der Waals surface area contributed by atoms with Gasteiger partial charge in [-0.2, -0.15) is 8.75 Å². The summed E-state index contributed by atoms with van der Waals surface area (Å²) >= 11 is 1.07. The Bertz CT molecular complexity index is 936. The zero-order chi connectivity index (χ0) is 16.6. The first-order valence-corrected chi connectivity index (χ1v) is 7.48. The summed E-state index contributed by atoms with van der Waals surface area (Å²) in [5.74, 6) is -0.420. The number of nitrogens with one attached hydrogen (secondary N) is 1. The van der Waals surface area contributed by atoms with Gasteiger partial charge >= 0.3 is 0 Å². The molecular weight excluding hydrogens is 316 g/mol. The van der Waals surface area contributed by atoms with E-state index in [0.29, 0.717) is 22.3 Å². The van der Waals surface area contributed by atoms with Crippen molar-refractivity contribution < 1.29 is 9.72 Å². The van der Waals surface area contributed by atoms with Gasteiger partial charge in [-0.15, -0.1) is 0 Å². The number of rotatable bonds is 3. The minimum Gasteiger partial charge on any atom is -0.320 e. The lowest BCUT2D eigenvalue weighted by atomic mass is 10.1. The maximum atomic E-state index is 12.4. The van der Waals surface area contributed by atoms with Gasteiger partial charge in [-0.05, 0) is 31.5 Å². The van der Waals surface area contributed by atoms with Crippen molar-refractivity contribution in [2.75, 3.05) is 5.32 Å².